The third kappa shape index (κ3) is 5.46. The Hall–Kier alpha value is -1.31. The molecule has 0 fully saturated rings. The first kappa shape index (κ1) is 17.7. The van der Waals surface area contributed by atoms with E-state index >= 15 is 0 Å². The average molecular weight is 376 g/mol. The van der Waals surface area contributed by atoms with E-state index in [0.717, 1.165) is 11.5 Å². The van der Waals surface area contributed by atoms with Crippen LogP contribution in [0.4, 0.5) is 0 Å². The highest BCUT2D eigenvalue weighted by atomic mass is 127. The molecule has 0 aliphatic carbocycles. The Morgan fingerprint density at radius 1 is 1.11 bits per heavy atom. The number of carbonyl (C=O) groups is 1. The van der Waals surface area contributed by atoms with Gasteiger partial charge in [0.05, 0.1) is 6.54 Å². The van der Waals surface area contributed by atoms with Crippen molar-refractivity contribution in [2.24, 2.45) is 10.7 Å². The van der Waals surface area contributed by atoms with Crippen molar-refractivity contribution < 1.29 is 4.79 Å². The van der Waals surface area contributed by atoms with Crippen LogP contribution in [0, 0.1) is 0 Å². The van der Waals surface area contributed by atoms with Gasteiger partial charge in [0.1, 0.15) is 0 Å². The lowest BCUT2D eigenvalue weighted by Gasteiger charge is -2.22. The fraction of sp³-hybridized carbons (Fsp3) is 0.385. The first-order valence-corrected chi connectivity index (χ1v) is 5.69. The van der Waals surface area contributed by atoms with Gasteiger partial charge in [-0.05, 0) is 17.7 Å². The highest BCUT2D eigenvalue weighted by molar-refractivity contribution is 14.0. The quantitative estimate of drug-likeness (QED) is 0.493. The maximum absolute atomic E-state index is 10.9. The molecule has 5 nitrogen and oxygen atoms in total. The summed E-state index contributed by atoms with van der Waals surface area (Å²) in [6.45, 7) is 0.574. The zero-order valence-electron chi connectivity index (χ0n) is 11.8. The molecule has 1 aromatic carbocycles. The van der Waals surface area contributed by atoms with Crippen LogP contribution in [0.1, 0.15) is 15.9 Å². The number of nitrogens with two attached hydrogens (primary N) is 1. The summed E-state index contributed by atoms with van der Waals surface area (Å²) in [4.78, 5) is 19.4. The Bertz CT molecular complexity index is 430. The van der Waals surface area contributed by atoms with E-state index in [4.69, 9.17) is 5.73 Å². The lowest BCUT2D eigenvalue weighted by atomic mass is 10.1. The van der Waals surface area contributed by atoms with Gasteiger partial charge in [-0.1, -0.05) is 12.1 Å². The van der Waals surface area contributed by atoms with E-state index in [2.05, 4.69) is 4.99 Å². The molecule has 0 spiro atoms. The minimum atomic E-state index is -0.410. The first-order chi connectivity index (χ1) is 8.41. The predicted molar refractivity (Wildman–Crippen MR) is 88.9 cm³/mol. The summed E-state index contributed by atoms with van der Waals surface area (Å²) in [5.74, 6) is 0.487. The Labute approximate surface area is 131 Å². The van der Waals surface area contributed by atoms with Crippen molar-refractivity contribution >= 4 is 35.8 Å². The van der Waals surface area contributed by atoms with Gasteiger partial charge in [-0.25, -0.2) is 4.99 Å². The first-order valence-electron chi connectivity index (χ1n) is 5.69. The molecule has 6 heteroatoms. The van der Waals surface area contributed by atoms with E-state index in [1.165, 1.54) is 0 Å². The number of primary amides is 1. The number of halogens is 1. The summed E-state index contributed by atoms with van der Waals surface area (Å²) in [7, 11) is 7.81. The maximum atomic E-state index is 10.9. The largest absolute Gasteiger partial charge is 0.366 e. The molecule has 1 amide bonds. The normalized spacial score (nSPS) is 9.26. The molecule has 0 heterocycles. The number of carbonyl (C=O) groups excluding carboxylic acids is 1. The molecule has 0 saturated heterocycles. The smallest absolute Gasteiger partial charge is 0.248 e. The number of aliphatic imine (C=N–C) groups is 1. The van der Waals surface area contributed by atoms with Crippen molar-refractivity contribution in [3.05, 3.63) is 35.4 Å². The molecule has 0 aliphatic rings. The molecule has 0 aliphatic heterocycles. The highest BCUT2D eigenvalue weighted by Crippen LogP contribution is 2.06. The van der Waals surface area contributed by atoms with Crippen LogP contribution in [-0.2, 0) is 6.54 Å². The summed E-state index contributed by atoms with van der Waals surface area (Å²) in [6.07, 6.45) is 0. The molecule has 0 unspecified atom stereocenters. The summed E-state index contributed by atoms with van der Waals surface area (Å²) in [5, 5.41) is 0. The van der Waals surface area contributed by atoms with E-state index in [1.54, 1.807) is 12.1 Å². The Morgan fingerprint density at radius 3 is 1.95 bits per heavy atom. The number of rotatable bonds is 3. The van der Waals surface area contributed by atoms with Crippen LogP contribution in [0.5, 0.6) is 0 Å². The van der Waals surface area contributed by atoms with Gasteiger partial charge in [0, 0.05) is 33.8 Å². The third-order valence-corrected chi connectivity index (χ3v) is 2.44. The van der Waals surface area contributed by atoms with Crippen LogP contribution < -0.4 is 5.73 Å². The number of nitrogens with zero attached hydrogens (tertiary/aromatic N) is 3. The summed E-state index contributed by atoms with van der Waals surface area (Å²) in [5.41, 5.74) is 6.75. The van der Waals surface area contributed by atoms with E-state index < -0.39 is 5.91 Å². The average Bonchev–Trinajstić information content (AvgIpc) is 2.28. The third-order valence-electron chi connectivity index (χ3n) is 2.44. The molecule has 106 valence electrons. The lowest BCUT2D eigenvalue weighted by Crippen LogP contribution is -2.35. The minimum Gasteiger partial charge on any atom is -0.366 e. The van der Waals surface area contributed by atoms with Crippen molar-refractivity contribution in [2.45, 2.75) is 6.54 Å². The molecule has 1 rings (SSSR count). The second kappa shape index (κ2) is 7.98. The lowest BCUT2D eigenvalue weighted by molar-refractivity contribution is 0.100. The summed E-state index contributed by atoms with van der Waals surface area (Å²) < 4.78 is 0. The molecule has 0 saturated carbocycles. The second-order valence-corrected chi connectivity index (χ2v) is 4.47. The molecule has 0 radical (unpaired) electrons. The van der Waals surface area contributed by atoms with Crippen LogP contribution in [0.15, 0.2) is 29.3 Å². The number of benzene rings is 1. The van der Waals surface area contributed by atoms with Gasteiger partial charge in [-0.2, -0.15) is 0 Å². The number of guanidine groups is 1. The van der Waals surface area contributed by atoms with E-state index in [1.807, 2.05) is 50.1 Å². The summed E-state index contributed by atoms with van der Waals surface area (Å²) in [6, 6.07) is 7.18. The van der Waals surface area contributed by atoms with Gasteiger partial charge in [0.25, 0.3) is 0 Å². The maximum Gasteiger partial charge on any atom is 0.248 e. The number of hydrogen-bond acceptors (Lipinski definition) is 2. The van der Waals surface area contributed by atoms with E-state index in [0.29, 0.717) is 12.1 Å². The van der Waals surface area contributed by atoms with Crippen LogP contribution in [0.2, 0.25) is 0 Å². The minimum absolute atomic E-state index is 0. The Morgan fingerprint density at radius 2 is 1.58 bits per heavy atom. The number of hydrogen-bond donors (Lipinski definition) is 1. The highest BCUT2D eigenvalue weighted by Gasteiger charge is 2.04. The fourth-order valence-corrected chi connectivity index (χ4v) is 1.62. The van der Waals surface area contributed by atoms with Crippen LogP contribution in [-0.4, -0.2) is 49.9 Å². The molecular weight excluding hydrogens is 355 g/mol. The van der Waals surface area contributed by atoms with E-state index in [-0.39, 0.29) is 24.0 Å². The summed E-state index contributed by atoms with van der Waals surface area (Å²) >= 11 is 0. The van der Waals surface area contributed by atoms with Crippen molar-refractivity contribution in [2.75, 3.05) is 28.2 Å². The molecule has 0 atom stereocenters. The topological polar surface area (TPSA) is 61.9 Å². The van der Waals surface area contributed by atoms with Crippen molar-refractivity contribution in [3.8, 4) is 0 Å². The molecule has 2 N–H and O–H groups in total. The predicted octanol–water partition coefficient (Wildman–Crippen LogP) is 1.38. The van der Waals surface area contributed by atoms with Crippen molar-refractivity contribution in [1.82, 2.24) is 9.80 Å². The monoisotopic (exact) mass is 376 g/mol. The van der Waals surface area contributed by atoms with Gasteiger partial charge in [0.15, 0.2) is 5.96 Å². The molecular formula is C13H21IN4O. The van der Waals surface area contributed by atoms with Crippen LogP contribution in [0.3, 0.4) is 0 Å². The van der Waals surface area contributed by atoms with E-state index in [9.17, 15) is 4.79 Å². The standard InChI is InChI=1S/C13H20N4O.HI/c1-16(2)13(17(3)4)15-9-10-5-7-11(8-6-10)12(14)18;/h5-8H,9H2,1-4H3,(H2,14,18);1H. The molecule has 0 bridgehead atoms. The molecule has 1 aromatic rings. The Kier molecular flexibility index (Phi) is 7.43. The fourth-order valence-electron chi connectivity index (χ4n) is 1.62. The van der Waals surface area contributed by atoms with Gasteiger partial charge in [0.2, 0.25) is 5.91 Å². The molecule has 19 heavy (non-hydrogen) atoms. The number of amides is 1. The van der Waals surface area contributed by atoms with Gasteiger partial charge >= 0.3 is 0 Å². The Balaban J connectivity index is 0.00000324. The van der Waals surface area contributed by atoms with Gasteiger partial charge in [-0.15, -0.1) is 24.0 Å². The van der Waals surface area contributed by atoms with Gasteiger partial charge in [-0.3, -0.25) is 4.79 Å². The SMILES string of the molecule is CN(C)C(=NCc1ccc(C(N)=O)cc1)N(C)C.I. The van der Waals surface area contributed by atoms with Gasteiger partial charge < -0.3 is 15.5 Å². The second-order valence-electron chi connectivity index (χ2n) is 4.47. The molecule has 0 aromatic heterocycles. The van der Waals surface area contributed by atoms with Crippen LogP contribution >= 0.6 is 24.0 Å². The van der Waals surface area contributed by atoms with Crippen LogP contribution in [0.25, 0.3) is 0 Å². The zero-order chi connectivity index (χ0) is 13.7. The van der Waals surface area contributed by atoms with Crippen molar-refractivity contribution in [3.63, 3.8) is 0 Å². The van der Waals surface area contributed by atoms with Crippen molar-refractivity contribution in [1.29, 1.82) is 0 Å². The zero-order valence-corrected chi connectivity index (χ0v) is 14.1.